The molecule has 0 aromatic heterocycles. The van der Waals surface area contributed by atoms with Crippen molar-refractivity contribution in [2.45, 2.75) is 4.87 Å². The Balaban J connectivity index is 5.26. The largest absolute Gasteiger partial charge is 0.479 e. The monoisotopic (exact) mass is 183 g/mol. The van der Waals surface area contributed by atoms with Crippen LogP contribution in [-0.4, -0.2) is 35.2 Å². The second-order valence-corrected chi connectivity index (χ2v) is 3.32. The molecule has 11 heavy (non-hydrogen) atoms. The highest BCUT2D eigenvalue weighted by Crippen LogP contribution is 2.05. The summed E-state index contributed by atoms with van der Waals surface area (Å²) in [5, 5.41) is 8.07. The van der Waals surface area contributed by atoms with Crippen molar-refractivity contribution in [2.24, 2.45) is 5.73 Å². The zero-order valence-electron chi connectivity index (χ0n) is 5.09. The Kier molecular flexibility index (Phi) is 2.33. The number of aldehydes is 1. The average molecular weight is 183 g/mol. The van der Waals surface area contributed by atoms with E-state index in [1.807, 2.05) is 0 Å². The number of carboxylic acids is 1. The van der Waals surface area contributed by atoms with Crippen molar-refractivity contribution >= 4 is 22.4 Å². The topological polar surface area (TPSA) is 135 Å². The SMILES string of the molecule is NC(C=O)(C(=O)O)S(=O)(=O)O. The van der Waals surface area contributed by atoms with Gasteiger partial charge < -0.3 is 5.11 Å². The molecule has 64 valence electrons. The van der Waals surface area contributed by atoms with Crippen molar-refractivity contribution in [3.8, 4) is 0 Å². The van der Waals surface area contributed by atoms with Crippen molar-refractivity contribution in [3.05, 3.63) is 0 Å². The molecule has 8 heteroatoms. The van der Waals surface area contributed by atoms with Crippen molar-refractivity contribution in [3.63, 3.8) is 0 Å². The van der Waals surface area contributed by atoms with Gasteiger partial charge in [0.2, 0.25) is 0 Å². The standard InChI is InChI=1S/C3H5NO6S/c4-3(1-5,2(6)7)11(8,9)10/h1H,4H2,(H,6,7)(H,8,9,10). The smallest absolute Gasteiger partial charge is 0.349 e. The lowest BCUT2D eigenvalue weighted by Crippen LogP contribution is -2.55. The first-order valence-corrected chi connectivity index (χ1v) is 3.65. The van der Waals surface area contributed by atoms with E-state index < -0.39 is 27.2 Å². The lowest BCUT2D eigenvalue weighted by molar-refractivity contribution is -0.141. The minimum Gasteiger partial charge on any atom is -0.479 e. The number of hydrogen-bond acceptors (Lipinski definition) is 5. The summed E-state index contributed by atoms with van der Waals surface area (Å²) >= 11 is 0. The molecule has 0 aromatic rings. The third-order valence-electron chi connectivity index (χ3n) is 0.936. The molecule has 0 bridgehead atoms. The van der Waals surface area contributed by atoms with Gasteiger partial charge in [-0.25, -0.2) is 4.79 Å². The van der Waals surface area contributed by atoms with Crippen molar-refractivity contribution in [1.82, 2.24) is 0 Å². The molecule has 0 saturated heterocycles. The van der Waals surface area contributed by atoms with Gasteiger partial charge >= 0.3 is 16.1 Å². The number of carbonyl (C=O) groups excluding carboxylic acids is 1. The van der Waals surface area contributed by atoms with Gasteiger partial charge in [-0.15, -0.1) is 0 Å². The van der Waals surface area contributed by atoms with E-state index in [0.29, 0.717) is 0 Å². The van der Waals surface area contributed by atoms with Crippen LogP contribution < -0.4 is 5.73 Å². The average Bonchev–Trinajstić information content (AvgIpc) is 1.83. The van der Waals surface area contributed by atoms with Gasteiger partial charge in [-0.05, 0) is 0 Å². The number of nitrogens with two attached hydrogens (primary N) is 1. The van der Waals surface area contributed by atoms with Crippen LogP contribution in [0.3, 0.4) is 0 Å². The fourth-order valence-corrected chi connectivity index (χ4v) is 0.564. The predicted molar refractivity (Wildman–Crippen MR) is 32.2 cm³/mol. The number of carbonyl (C=O) groups is 2. The van der Waals surface area contributed by atoms with Gasteiger partial charge in [-0.1, -0.05) is 0 Å². The van der Waals surface area contributed by atoms with Gasteiger partial charge in [0.1, 0.15) is 0 Å². The van der Waals surface area contributed by atoms with E-state index in [-0.39, 0.29) is 0 Å². The fourth-order valence-electron chi connectivity index (χ4n) is 0.222. The number of hydrogen-bond donors (Lipinski definition) is 3. The lowest BCUT2D eigenvalue weighted by atomic mass is 10.3. The summed E-state index contributed by atoms with van der Waals surface area (Å²) in [5.74, 6) is -2.13. The van der Waals surface area contributed by atoms with Gasteiger partial charge in [0.15, 0.2) is 6.29 Å². The Labute approximate surface area is 61.6 Å². The zero-order chi connectivity index (χ0) is 9.28. The molecule has 0 rings (SSSR count). The van der Waals surface area contributed by atoms with Crippen LogP contribution in [0.4, 0.5) is 0 Å². The Morgan fingerprint density at radius 2 is 1.91 bits per heavy atom. The third-order valence-corrected chi connectivity index (χ3v) is 2.06. The molecule has 1 atom stereocenters. The van der Waals surface area contributed by atoms with E-state index in [4.69, 9.17) is 9.66 Å². The molecule has 7 nitrogen and oxygen atoms in total. The molecule has 0 aliphatic carbocycles. The maximum atomic E-state index is 10.1. The number of carboxylic acid groups (broad SMARTS) is 1. The highest BCUT2D eigenvalue weighted by atomic mass is 32.2. The number of aliphatic carboxylic acids is 1. The molecular weight excluding hydrogens is 178 g/mol. The van der Waals surface area contributed by atoms with Crippen LogP contribution in [0.25, 0.3) is 0 Å². The van der Waals surface area contributed by atoms with Crippen LogP contribution >= 0.6 is 0 Å². The van der Waals surface area contributed by atoms with Crippen LogP contribution in [-0.2, 0) is 19.7 Å². The first kappa shape index (κ1) is 10.0. The van der Waals surface area contributed by atoms with Gasteiger partial charge in [0.05, 0.1) is 0 Å². The lowest BCUT2D eigenvalue weighted by Gasteiger charge is -2.12. The summed E-state index contributed by atoms with van der Waals surface area (Å²) in [6.45, 7) is 0. The first-order chi connectivity index (χ1) is 4.75. The summed E-state index contributed by atoms with van der Waals surface area (Å²) in [6, 6.07) is 0. The second kappa shape index (κ2) is 2.57. The number of rotatable bonds is 3. The molecule has 0 saturated carbocycles. The van der Waals surface area contributed by atoms with Crippen LogP contribution in [0.15, 0.2) is 0 Å². The van der Waals surface area contributed by atoms with Crippen molar-refractivity contribution in [2.75, 3.05) is 0 Å². The summed E-state index contributed by atoms with van der Waals surface area (Å²) in [5.41, 5.74) is 4.51. The quantitative estimate of drug-likeness (QED) is 0.257. The third kappa shape index (κ3) is 1.53. The highest BCUT2D eigenvalue weighted by Gasteiger charge is 2.47. The molecule has 0 heterocycles. The Morgan fingerprint density at radius 1 is 1.55 bits per heavy atom. The first-order valence-electron chi connectivity index (χ1n) is 2.21. The van der Waals surface area contributed by atoms with Gasteiger partial charge in [-0.3, -0.25) is 15.1 Å². The Morgan fingerprint density at radius 3 is 1.91 bits per heavy atom. The normalized spacial score (nSPS) is 16.9. The molecule has 0 aromatic carbocycles. The second-order valence-electron chi connectivity index (χ2n) is 1.69. The van der Waals surface area contributed by atoms with Gasteiger partial charge in [-0.2, -0.15) is 8.42 Å². The summed E-state index contributed by atoms with van der Waals surface area (Å²) in [7, 11) is -5.10. The minimum absolute atomic E-state index is 0.565. The Bertz CT molecular complexity index is 280. The van der Waals surface area contributed by atoms with Crippen LogP contribution in [0.1, 0.15) is 0 Å². The maximum absolute atomic E-state index is 10.1. The van der Waals surface area contributed by atoms with E-state index in [1.54, 1.807) is 0 Å². The molecule has 1 unspecified atom stereocenters. The van der Waals surface area contributed by atoms with Gasteiger partial charge in [0.25, 0.3) is 4.87 Å². The van der Waals surface area contributed by atoms with Crippen LogP contribution in [0.5, 0.6) is 0 Å². The zero-order valence-corrected chi connectivity index (χ0v) is 5.91. The molecule has 0 spiro atoms. The van der Waals surface area contributed by atoms with Crippen LogP contribution in [0, 0.1) is 0 Å². The molecular formula is C3H5NO6S. The Hall–Kier alpha value is -0.990. The van der Waals surface area contributed by atoms with E-state index in [0.717, 1.165) is 0 Å². The van der Waals surface area contributed by atoms with E-state index in [1.165, 1.54) is 0 Å². The molecule has 0 aliphatic rings. The van der Waals surface area contributed by atoms with Crippen LogP contribution in [0.2, 0.25) is 0 Å². The van der Waals surface area contributed by atoms with Crippen molar-refractivity contribution in [1.29, 1.82) is 0 Å². The predicted octanol–water partition coefficient (Wildman–Crippen LogP) is -2.19. The minimum atomic E-state index is -5.10. The van der Waals surface area contributed by atoms with Crippen molar-refractivity contribution < 1.29 is 27.7 Å². The highest BCUT2D eigenvalue weighted by molar-refractivity contribution is 7.88. The fraction of sp³-hybridized carbons (Fsp3) is 0.333. The molecule has 0 amide bonds. The van der Waals surface area contributed by atoms with E-state index >= 15 is 0 Å². The van der Waals surface area contributed by atoms with Gasteiger partial charge in [0, 0.05) is 0 Å². The molecule has 4 N–H and O–H groups in total. The maximum Gasteiger partial charge on any atom is 0.349 e. The van der Waals surface area contributed by atoms with E-state index in [9.17, 15) is 18.0 Å². The molecule has 0 fully saturated rings. The summed E-state index contributed by atoms with van der Waals surface area (Å²) in [6.07, 6.45) is -0.565. The molecule has 0 aliphatic heterocycles. The van der Waals surface area contributed by atoms with E-state index in [2.05, 4.69) is 5.73 Å². The summed E-state index contributed by atoms with van der Waals surface area (Å²) < 4.78 is 28.4. The molecule has 0 radical (unpaired) electrons. The summed E-state index contributed by atoms with van der Waals surface area (Å²) in [4.78, 5) is 16.6.